The first-order valence-electron chi connectivity index (χ1n) is 11.9. The molecule has 1 N–H and O–H groups in total. The molecular weight excluding hydrogens is 412 g/mol. The summed E-state index contributed by atoms with van der Waals surface area (Å²) in [7, 11) is 1.30. The van der Waals surface area contributed by atoms with Gasteiger partial charge in [-0.1, -0.05) is 19.4 Å². The fourth-order valence-electron chi connectivity index (χ4n) is 7.74. The zero-order valence-electron chi connectivity index (χ0n) is 19.8. The van der Waals surface area contributed by atoms with Crippen molar-refractivity contribution in [2.45, 2.75) is 90.4 Å². The van der Waals surface area contributed by atoms with Crippen LogP contribution >= 0.6 is 0 Å². The first kappa shape index (κ1) is 23.3. The maximum atomic E-state index is 13.1. The molecule has 0 bridgehead atoms. The number of methoxy groups -OCH3 is 1. The van der Waals surface area contributed by atoms with Crippen molar-refractivity contribution >= 4 is 17.9 Å². The van der Waals surface area contributed by atoms with Gasteiger partial charge < -0.3 is 19.3 Å². The Balaban J connectivity index is 1.71. The molecule has 0 aliphatic heterocycles. The normalized spacial score (nSPS) is 43.0. The number of allylic oxidation sites excluding steroid dienone is 1. The second kappa shape index (κ2) is 7.86. The van der Waals surface area contributed by atoms with Gasteiger partial charge in [-0.2, -0.15) is 0 Å². The Morgan fingerprint density at radius 2 is 1.88 bits per heavy atom. The summed E-state index contributed by atoms with van der Waals surface area (Å²) in [5.41, 5.74) is -1.31. The van der Waals surface area contributed by atoms with Crippen LogP contribution in [0.1, 0.15) is 72.6 Å². The molecule has 3 fully saturated rings. The van der Waals surface area contributed by atoms with Crippen molar-refractivity contribution in [3.63, 3.8) is 0 Å². The molecule has 4 aliphatic carbocycles. The van der Waals surface area contributed by atoms with E-state index in [0.717, 1.165) is 24.8 Å². The number of fused-ring (bicyclic) bond motifs is 5. The number of hydrogen-bond acceptors (Lipinski definition) is 7. The van der Waals surface area contributed by atoms with Gasteiger partial charge in [-0.15, -0.1) is 0 Å². The molecule has 0 spiro atoms. The quantitative estimate of drug-likeness (QED) is 0.652. The Morgan fingerprint density at radius 1 is 1.16 bits per heavy atom. The van der Waals surface area contributed by atoms with Gasteiger partial charge in [0.1, 0.15) is 0 Å². The van der Waals surface area contributed by atoms with Crippen LogP contribution in [0.3, 0.4) is 0 Å². The van der Waals surface area contributed by atoms with Crippen molar-refractivity contribution in [2.24, 2.45) is 28.6 Å². The Labute approximate surface area is 189 Å². The van der Waals surface area contributed by atoms with E-state index in [1.54, 1.807) is 19.9 Å². The van der Waals surface area contributed by atoms with Crippen LogP contribution in [0, 0.1) is 28.6 Å². The van der Waals surface area contributed by atoms with Crippen LogP contribution in [0.5, 0.6) is 0 Å². The van der Waals surface area contributed by atoms with E-state index in [1.807, 2.05) is 6.92 Å². The van der Waals surface area contributed by atoms with E-state index in [9.17, 15) is 19.5 Å². The molecule has 0 saturated heterocycles. The van der Waals surface area contributed by atoms with Gasteiger partial charge in [-0.25, -0.2) is 9.59 Å². The summed E-state index contributed by atoms with van der Waals surface area (Å²) in [6.45, 7) is 7.60. The lowest BCUT2D eigenvalue weighted by molar-refractivity contribution is -0.202. The lowest BCUT2D eigenvalue weighted by Crippen LogP contribution is -2.63. The van der Waals surface area contributed by atoms with Crippen LogP contribution in [0.15, 0.2) is 11.6 Å². The minimum absolute atomic E-state index is 0.0183. The maximum absolute atomic E-state index is 13.1. The Hall–Kier alpha value is -1.89. The average Bonchev–Trinajstić information content (AvgIpc) is 2.99. The van der Waals surface area contributed by atoms with E-state index < -0.39 is 29.2 Å². The van der Waals surface area contributed by atoms with Crippen LogP contribution in [0.2, 0.25) is 0 Å². The smallest absolute Gasteiger partial charge is 0.466 e. The van der Waals surface area contributed by atoms with E-state index in [2.05, 4.69) is 6.92 Å². The molecule has 32 heavy (non-hydrogen) atoms. The summed E-state index contributed by atoms with van der Waals surface area (Å²) in [6, 6.07) is 0. The standard InChI is InChI=1S/C25H36O7/c1-14(2)31-22(29)32-25(21(28)30-5)11-9-18-17-7-6-15-12-16(26)8-10-23(15,3)20(17)19(27)13-24(18,25)4/h12,14,17-20,27H,6-11,13H2,1-5H3/t17-,18-,19?,20-,23-,24-,25?/m0/s1. The molecule has 0 aromatic rings. The zero-order valence-corrected chi connectivity index (χ0v) is 19.8. The molecule has 7 nitrogen and oxygen atoms in total. The van der Waals surface area contributed by atoms with Gasteiger partial charge >= 0.3 is 12.1 Å². The summed E-state index contributed by atoms with van der Waals surface area (Å²) in [5, 5.41) is 11.5. The highest BCUT2D eigenvalue weighted by molar-refractivity contribution is 5.91. The highest BCUT2D eigenvalue weighted by Gasteiger charge is 2.71. The van der Waals surface area contributed by atoms with Crippen LogP contribution < -0.4 is 0 Å². The minimum Gasteiger partial charge on any atom is -0.466 e. The van der Waals surface area contributed by atoms with Gasteiger partial charge in [0, 0.05) is 11.8 Å². The molecule has 4 aliphatic rings. The van der Waals surface area contributed by atoms with Gasteiger partial charge in [0.25, 0.3) is 0 Å². The van der Waals surface area contributed by atoms with Crippen molar-refractivity contribution in [3.05, 3.63) is 11.6 Å². The van der Waals surface area contributed by atoms with Gasteiger partial charge in [0.05, 0.1) is 19.3 Å². The van der Waals surface area contributed by atoms with Crippen LogP contribution in [-0.2, 0) is 23.8 Å². The highest BCUT2D eigenvalue weighted by Crippen LogP contribution is 2.68. The summed E-state index contributed by atoms with van der Waals surface area (Å²) < 4.78 is 16.2. The van der Waals surface area contributed by atoms with Crippen molar-refractivity contribution in [3.8, 4) is 0 Å². The first-order valence-corrected chi connectivity index (χ1v) is 11.9. The molecule has 4 rings (SSSR count). The highest BCUT2D eigenvalue weighted by atomic mass is 16.7. The molecule has 2 unspecified atom stereocenters. The number of rotatable bonds is 3. The molecule has 0 aromatic heterocycles. The van der Waals surface area contributed by atoms with Crippen LogP contribution in [0.4, 0.5) is 4.79 Å². The minimum atomic E-state index is -1.48. The third kappa shape index (κ3) is 3.22. The monoisotopic (exact) mass is 448 g/mol. The predicted molar refractivity (Wildman–Crippen MR) is 116 cm³/mol. The number of ketones is 1. The van der Waals surface area contributed by atoms with Crippen LogP contribution in [0.25, 0.3) is 0 Å². The number of carbonyl (C=O) groups excluding carboxylic acids is 3. The summed E-state index contributed by atoms with van der Waals surface area (Å²) in [4.78, 5) is 37.7. The number of aliphatic hydroxyl groups is 1. The van der Waals surface area contributed by atoms with E-state index in [4.69, 9.17) is 14.2 Å². The van der Waals surface area contributed by atoms with Gasteiger partial charge in [-0.05, 0) is 81.6 Å². The fraction of sp³-hybridized carbons (Fsp3) is 0.800. The molecule has 0 amide bonds. The predicted octanol–water partition coefficient (Wildman–Crippen LogP) is 3.96. The molecule has 3 saturated carbocycles. The van der Waals surface area contributed by atoms with E-state index in [-0.39, 0.29) is 35.1 Å². The average molecular weight is 449 g/mol. The van der Waals surface area contributed by atoms with Gasteiger partial charge in [0.15, 0.2) is 5.78 Å². The zero-order chi connectivity index (χ0) is 23.5. The van der Waals surface area contributed by atoms with Gasteiger partial charge in [-0.3, -0.25) is 4.79 Å². The lowest BCUT2D eigenvalue weighted by atomic mass is 9.45. The SMILES string of the molecule is COC(=O)C1(OC(=O)OC(C)C)CC[C@H]2[C@@H]3CCC4=CC(=O)CC[C@]4(C)[C@@H]3C(O)C[C@@]21C. The number of carbonyl (C=O) groups is 3. The van der Waals surface area contributed by atoms with Crippen molar-refractivity contribution in [1.29, 1.82) is 0 Å². The third-order valence-electron chi connectivity index (χ3n) is 9.12. The van der Waals surface area contributed by atoms with Crippen molar-refractivity contribution in [2.75, 3.05) is 7.11 Å². The van der Waals surface area contributed by atoms with Crippen molar-refractivity contribution < 1.29 is 33.7 Å². The summed E-state index contributed by atoms with van der Waals surface area (Å²) >= 11 is 0. The Kier molecular flexibility index (Phi) is 5.71. The number of esters is 1. The van der Waals surface area contributed by atoms with Gasteiger partial charge in [0.2, 0.25) is 5.60 Å². The van der Waals surface area contributed by atoms with Crippen molar-refractivity contribution in [1.82, 2.24) is 0 Å². The largest absolute Gasteiger partial charge is 0.509 e. The topological polar surface area (TPSA) is 99.1 Å². The second-order valence-corrected chi connectivity index (χ2v) is 11.0. The second-order valence-electron chi connectivity index (χ2n) is 11.0. The molecule has 7 heteroatoms. The molecule has 0 radical (unpaired) electrons. The van der Waals surface area contributed by atoms with E-state index >= 15 is 0 Å². The number of hydrogen-bond donors (Lipinski definition) is 1. The Morgan fingerprint density at radius 3 is 2.53 bits per heavy atom. The van der Waals surface area contributed by atoms with E-state index in [1.165, 1.54) is 7.11 Å². The molecule has 7 atom stereocenters. The third-order valence-corrected chi connectivity index (χ3v) is 9.12. The number of aliphatic hydroxyl groups excluding tert-OH is 1. The summed E-state index contributed by atoms with van der Waals surface area (Å²) in [5.74, 6) is -0.119. The molecular formula is C25H36O7. The molecule has 178 valence electrons. The first-order chi connectivity index (χ1) is 15.0. The summed E-state index contributed by atoms with van der Waals surface area (Å²) in [6.07, 6.45) is 4.20. The molecule has 0 heterocycles. The lowest BCUT2D eigenvalue weighted by Gasteiger charge is -2.60. The Bertz CT molecular complexity index is 847. The fourth-order valence-corrected chi connectivity index (χ4v) is 7.74. The molecule has 0 aromatic carbocycles. The van der Waals surface area contributed by atoms with E-state index in [0.29, 0.717) is 25.7 Å². The van der Waals surface area contributed by atoms with Crippen LogP contribution in [-0.4, -0.2) is 47.9 Å². The number of ether oxygens (including phenoxy) is 3. The maximum Gasteiger partial charge on any atom is 0.509 e.